The molecule has 3 fully saturated rings. The molecule has 3 atom stereocenters. The monoisotopic (exact) mass is 294 g/mol. The Morgan fingerprint density at radius 3 is 2.57 bits per heavy atom. The lowest BCUT2D eigenvalue weighted by molar-refractivity contribution is -0.185. The van der Waals surface area contributed by atoms with E-state index in [4.69, 9.17) is 10.5 Å². The van der Waals surface area contributed by atoms with E-state index in [1.165, 1.54) is 0 Å². The highest BCUT2D eigenvalue weighted by Crippen LogP contribution is 2.59. The lowest BCUT2D eigenvalue weighted by atomic mass is 9.47. The molecule has 0 aromatic heterocycles. The minimum Gasteiger partial charge on any atom is -0.377 e. The minimum absolute atomic E-state index is 0.164. The van der Waals surface area contributed by atoms with Crippen molar-refractivity contribution < 1.29 is 9.53 Å². The molecule has 0 aromatic carbocycles. The number of carbonyl (C=O) groups excluding carboxylic acids is 1. The van der Waals surface area contributed by atoms with Crippen LogP contribution in [0, 0.1) is 17.3 Å². The third kappa shape index (κ3) is 2.14. The number of amides is 1. The van der Waals surface area contributed by atoms with Crippen molar-refractivity contribution in [3.63, 3.8) is 0 Å². The van der Waals surface area contributed by atoms with Crippen LogP contribution in [0.25, 0.3) is 0 Å². The molecule has 0 aromatic rings. The van der Waals surface area contributed by atoms with E-state index in [0.717, 1.165) is 38.8 Å². The quantitative estimate of drug-likeness (QED) is 0.845. The van der Waals surface area contributed by atoms with Crippen LogP contribution in [0.15, 0.2) is 0 Å². The van der Waals surface area contributed by atoms with Gasteiger partial charge in [0.1, 0.15) is 5.54 Å². The first-order chi connectivity index (χ1) is 9.80. The second kappa shape index (κ2) is 4.95. The Labute approximate surface area is 128 Å². The molecule has 1 aliphatic heterocycles. The van der Waals surface area contributed by atoms with E-state index in [-0.39, 0.29) is 23.3 Å². The topological polar surface area (TPSA) is 55.6 Å². The van der Waals surface area contributed by atoms with Crippen LogP contribution in [-0.2, 0) is 9.53 Å². The Bertz CT molecular complexity index is 431. The van der Waals surface area contributed by atoms with Gasteiger partial charge in [-0.1, -0.05) is 27.7 Å². The van der Waals surface area contributed by atoms with Crippen molar-refractivity contribution in [3.8, 4) is 0 Å². The SMILES string of the molecule is CC(C)CCN(C(=O)C1(N)C2CCOC2C1(C)C)C1CC1. The molecule has 2 aliphatic carbocycles. The van der Waals surface area contributed by atoms with Crippen LogP contribution < -0.4 is 5.73 Å². The van der Waals surface area contributed by atoms with Gasteiger partial charge >= 0.3 is 0 Å². The highest BCUT2D eigenvalue weighted by molar-refractivity contribution is 5.90. The van der Waals surface area contributed by atoms with Crippen LogP contribution >= 0.6 is 0 Å². The average Bonchev–Trinajstić information content (AvgIpc) is 3.13. The summed E-state index contributed by atoms with van der Waals surface area (Å²) >= 11 is 0. The van der Waals surface area contributed by atoms with Crippen LogP contribution in [0.1, 0.15) is 53.4 Å². The Balaban J connectivity index is 1.78. The van der Waals surface area contributed by atoms with Crippen molar-refractivity contribution in [1.29, 1.82) is 0 Å². The molecular formula is C17H30N2O2. The summed E-state index contributed by atoms with van der Waals surface area (Å²) in [6, 6.07) is 0.439. The zero-order valence-electron chi connectivity index (χ0n) is 13.9. The molecule has 2 N–H and O–H groups in total. The second-order valence-electron chi connectivity index (χ2n) is 8.19. The van der Waals surface area contributed by atoms with Crippen LogP contribution in [0.3, 0.4) is 0 Å². The number of carbonyl (C=O) groups is 1. The Morgan fingerprint density at radius 2 is 2.00 bits per heavy atom. The summed E-state index contributed by atoms with van der Waals surface area (Å²) in [5, 5.41) is 0. The highest BCUT2D eigenvalue weighted by Gasteiger charge is 2.72. The number of nitrogens with zero attached hydrogens (tertiary/aromatic N) is 1. The standard InChI is InChI=1S/C17H30N2O2/c1-11(2)7-9-19(12-5-6-12)15(20)17(18)13-8-10-21-14(13)16(17,3)4/h11-14H,5-10,18H2,1-4H3. The van der Waals surface area contributed by atoms with E-state index in [0.29, 0.717) is 12.0 Å². The number of fused-ring (bicyclic) bond motifs is 1. The molecule has 3 aliphatic rings. The first-order valence-electron chi connectivity index (χ1n) is 8.51. The fourth-order valence-corrected chi connectivity index (χ4v) is 4.29. The summed E-state index contributed by atoms with van der Waals surface area (Å²) in [6.45, 7) is 10.2. The third-order valence-electron chi connectivity index (χ3n) is 6.00. The molecule has 1 saturated heterocycles. The van der Waals surface area contributed by atoms with Crippen LogP contribution in [0.4, 0.5) is 0 Å². The van der Waals surface area contributed by atoms with Gasteiger partial charge in [0.05, 0.1) is 6.10 Å². The molecule has 4 heteroatoms. The highest BCUT2D eigenvalue weighted by atomic mass is 16.5. The smallest absolute Gasteiger partial charge is 0.243 e. The Hall–Kier alpha value is -0.610. The van der Waals surface area contributed by atoms with Crippen LogP contribution in [0.5, 0.6) is 0 Å². The number of nitrogens with two attached hydrogens (primary N) is 1. The molecule has 3 rings (SSSR count). The molecule has 0 bridgehead atoms. The maximum Gasteiger partial charge on any atom is 0.243 e. The first-order valence-corrected chi connectivity index (χ1v) is 8.51. The molecule has 0 spiro atoms. The Morgan fingerprint density at radius 1 is 1.33 bits per heavy atom. The van der Waals surface area contributed by atoms with Gasteiger partial charge < -0.3 is 15.4 Å². The molecule has 4 nitrogen and oxygen atoms in total. The lowest BCUT2D eigenvalue weighted by Gasteiger charge is -2.61. The second-order valence-corrected chi connectivity index (χ2v) is 8.19. The fourth-order valence-electron chi connectivity index (χ4n) is 4.29. The summed E-state index contributed by atoms with van der Waals surface area (Å²) in [4.78, 5) is 15.3. The zero-order valence-corrected chi connectivity index (χ0v) is 13.9. The molecule has 1 heterocycles. The van der Waals surface area contributed by atoms with Gasteiger partial charge in [0.25, 0.3) is 0 Å². The van der Waals surface area contributed by atoms with E-state index in [1.54, 1.807) is 0 Å². The van der Waals surface area contributed by atoms with Crippen molar-refractivity contribution in [3.05, 3.63) is 0 Å². The Kier molecular flexibility index (Phi) is 3.61. The number of ether oxygens (including phenoxy) is 1. The van der Waals surface area contributed by atoms with Gasteiger partial charge in [-0.15, -0.1) is 0 Å². The summed E-state index contributed by atoms with van der Waals surface area (Å²) in [6.07, 6.45) is 4.44. The van der Waals surface area contributed by atoms with E-state index in [2.05, 4.69) is 32.6 Å². The molecule has 2 saturated carbocycles. The van der Waals surface area contributed by atoms with Crippen molar-refractivity contribution in [2.75, 3.05) is 13.2 Å². The average molecular weight is 294 g/mol. The third-order valence-corrected chi connectivity index (χ3v) is 6.00. The summed E-state index contributed by atoms with van der Waals surface area (Å²) in [7, 11) is 0. The summed E-state index contributed by atoms with van der Waals surface area (Å²) < 4.78 is 5.82. The van der Waals surface area contributed by atoms with Crippen LogP contribution in [-0.4, -0.2) is 41.6 Å². The molecule has 120 valence electrons. The van der Waals surface area contributed by atoms with Gasteiger partial charge in [-0.2, -0.15) is 0 Å². The van der Waals surface area contributed by atoms with Gasteiger partial charge in [0.2, 0.25) is 5.91 Å². The van der Waals surface area contributed by atoms with Gasteiger partial charge in [-0.05, 0) is 31.6 Å². The molecule has 21 heavy (non-hydrogen) atoms. The lowest BCUT2D eigenvalue weighted by Crippen LogP contribution is -2.80. The van der Waals surface area contributed by atoms with Crippen molar-refractivity contribution in [2.45, 2.75) is 71.1 Å². The van der Waals surface area contributed by atoms with E-state index in [9.17, 15) is 4.79 Å². The van der Waals surface area contributed by atoms with Gasteiger partial charge in [-0.3, -0.25) is 4.79 Å². The predicted octanol–water partition coefficient (Wildman–Crippen LogP) is 2.17. The molecule has 0 radical (unpaired) electrons. The van der Waals surface area contributed by atoms with Gasteiger partial charge in [0.15, 0.2) is 0 Å². The van der Waals surface area contributed by atoms with Crippen molar-refractivity contribution in [2.24, 2.45) is 23.0 Å². The number of hydrogen-bond donors (Lipinski definition) is 1. The van der Waals surface area contributed by atoms with Gasteiger partial charge in [0, 0.05) is 30.5 Å². The largest absolute Gasteiger partial charge is 0.377 e. The molecule has 1 amide bonds. The molecular weight excluding hydrogens is 264 g/mol. The maximum atomic E-state index is 13.2. The number of rotatable bonds is 5. The summed E-state index contributed by atoms with van der Waals surface area (Å²) in [5.41, 5.74) is 5.73. The van der Waals surface area contributed by atoms with Gasteiger partial charge in [-0.25, -0.2) is 0 Å². The normalized spacial score (nSPS) is 37.2. The maximum absolute atomic E-state index is 13.2. The van der Waals surface area contributed by atoms with E-state index in [1.807, 2.05) is 0 Å². The molecule has 3 unspecified atom stereocenters. The summed E-state index contributed by atoms with van der Waals surface area (Å²) in [5.74, 6) is 1.01. The van der Waals surface area contributed by atoms with Crippen molar-refractivity contribution in [1.82, 2.24) is 4.90 Å². The zero-order chi connectivity index (χ0) is 15.4. The van der Waals surface area contributed by atoms with E-state index >= 15 is 0 Å². The fraction of sp³-hybridized carbons (Fsp3) is 0.941. The predicted molar refractivity (Wildman–Crippen MR) is 82.7 cm³/mol. The van der Waals surface area contributed by atoms with E-state index < -0.39 is 5.54 Å². The van der Waals surface area contributed by atoms with Crippen molar-refractivity contribution >= 4 is 5.91 Å². The minimum atomic E-state index is -0.728. The first kappa shape index (κ1) is 15.3. The van der Waals surface area contributed by atoms with Crippen LogP contribution in [0.2, 0.25) is 0 Å². The number of hydrogen-bond acceptors (Lipinski definition) is 3.